The second kappa shape index (κ2) is 3.07. The predicted octanol–water partition coefficient (Wildman–Crippen LogP) is 2.35. The van der Waals surface area contributed by atoms with E-state index < -0.39 is 0 Å². The predicted molar refractivity (Wildman–Crippen MR) is 60.1 cm³/mol. The number of halogens is 1. The summed E-state index contributed by atoms with van der Waals surface area (Å²) in [4.78, 5) is 2.30. The van der Waals surface area contributed by atoms with E-state index in [0.717, 1.165) is 17.7 Å². The van der Waals surface area contributed by atoms with Crippen LogP contribution in [0.1, 0.15) is 32.0 Å². The molecule has 0 unspecified atom stereocenters. The van der Waals surface area contributed by atoms with Gasteiger partial charge in [-0.25, -0.2) is 0 Å². The smallest absolute Gasteiger partial charge is 0.132 e. The summed E-state index contributed by atoms with van der Waals surface area (Å²) in [5, 5.41) is 4.54. The lowest BCUT2D eigenvalue weighted by molar-refractivity contribution is 0.303. The fraction of sp³-hybridized carbons (Fsp3) is 0.700. The molecular formula is C10H16BrN3. The van der Waals surface area contributed by atoms with Gasteiger partial charge in [-0.15, -0.1) is 0 Å². The fourth-order valence-electron chi connectivity index (χ4n) is 1.91. The van der Waals surface area contributed by atoms with E-state index in [1.54, 1.807) is 0 Å². The number of rotatable bonds is 0. The molecule has 1 aromatic rings. The molecule has 1 aliphatic heterocycles. The van der Waals surface area contributed by atoms with Gasteiger partial charge in [0, 0.05) is 18.7 Å². The molecule has 1 aliphatic rings. The summed E-state index contributed by atoms with van der Waals surface area (Å²) < 4.78 is 3.14. The molecule has 0 fully saturated rings. The highest BCUT2D eigenvalue weighted by Gasteiger charge is 2.28. The maximum atomic E-state index is 4.54. The molecule has 2 heterocycles. The van der Waals surface area contributed by atoms with E-state index in [9.17, 15) is 0 Å². The Hall–Kier alpha value is -0.350. The Balaban J connectivity index is 2.51. The van der Waals surface area contributed by atoms with E-state index in [1.807, 2.05) is 0 Å². The van der Waals surface area contributed by atoms with E-state index >= 15 is 0 Å². The standard InChI is InChI=1S/C10H16BrN3/c1-10(2,3)14-8-6-13(4)5-7(8)9(11)12-14/h5-6H2,1-4H3. The number of aromatic nitrogens is 2. The summed E-state index contributed by atoms with van der Waals surface area (Å²) in [6.07, 6.45) is 0. The average Bonchev–Trinajstić information content (AvgIpc) is 2.49. The zero-order chi connectivity index (χ0) is 10.5. The van der Waals surface area contributed by atoms with Crippen LogP contribution in [0.4, 0.5) is 0 Å². The van der Waals surface area contributed by atoms with E-state index in [2.05, 4.69) is 58.4 Å². The Morgan fingerprint density at radius 1 is 1.29 bits per heavy atom. The molecule has 1 aromatic heterocycles. The summed E-state index contributed by atoms with van der Waals surface area (Å²) in [7, 11) is 2.14. The Bertz CT molecular complexity index is 362. The Kier molecular flexibility index (Phi) is 2.23. The molecule has 0 aromatic carbocycles. The maximum Gasteiger partial charge on any atom is 0.132 e. The first-order valence-corrected chi connectivity index (χ1v) is 5.64. The Morgan fingerprint density at radius 2 is 1.93 bits per heavy atom. The third-order valence-corrected chi connectivity index (χ3v) is 3.16. The lowest BCUT2D eigenvalue weighted by Crippen LogP contribution is -2.26. The zero-order valence-electron chi connectivity index (χ0n) is 9.13. The van der Waals surface area contributed by atoms with Crippen LogP contribution in [0.5, 0.6) is 0 Å². The molecule has 0 amide bonds. The van der Waals surface area contributed by atoms with Crippen molar-refractivity contribution >= 4 is 15.9 Å². The number of fused-ring (bicyclic) bond motifs is 1. The van der Waals surface area contributed by atoms with Gasteiger partial charge in [0.2, 0.25) is 0 Å². The number of hydrogen-bond donors (Lipinski definition) is 0. The Labute approximate surface area is 93.2 Å². The first-order valence-electron chi connectivity index (χ1n) is 4.85. The van der Waals surface area contributed by atoms with Crippen molar-refractivity contribution in [3.8, 4) is 0 Å². The first kappa shape index (κ1) is 10.2. The first-order chi connectivity index (χ1) is 6.39. The minimum Gasteiger partial charge on any atom is -0.296 e. The molecule has 0 N–H and O–H groups in total. The van der Waals surface area contributed by atoms with Gasteiger partial charge in [-0.3, -0.25) is 9.58 Å². The lowest BCUT2D eigenvalue weighted by Gasteiger charge is -2.22. The second-order valence-corrected chi connectivity index (χ2v) is 5.72. The molecule has 2 rings (SSSR count). The number of hydrogen-bond acceptors (Lipinski definition) is 2. The molecule has 0 spiro atoms. The summed E-state index contributed by atoms with van der Waals surface area (Å²) in [5.74, 6) is 0. The minimum atomic E-state index is 0.0707. The summed E-state index contributed by atoms with van der Waals surface area (Å²) >= 11 is 3.53. The van der Waals surface area contributed by atoms with E-state index in [-0.39, 0.29) is 5.54 Å². The van der Waals surface area contributed by atoms with E-state index in [1.165, 1.54) is 11.3 Å². The topological polar surface area (TPSA) is 21.1 Å². The molecule has 0 radical (unpaired) electrons. The van der Waals surface area contributed by atoms with Crippen molar-refractivity contribution in [2.24, 2.45) is 0 Å². The van der Waals surface area contributed by atoms with Crippen molar-refractivity contribution in [3.05, 3.63) is 15.9 Å². The minimum absolute atomic E-state index is 0.0707. The van der Waals surface area contributed by atoms with Gasteiger partial charge in [-0.05, 0) is 43.7 Å². The second-order valence-electron chi connectivity index (χ2n) is 4.97. The summed E-state index contributed by atoms with van der Waals surface area (Å²) in [6.45, 7) is 8.57. The molecule has 0 aliphatic carbocycles. The van der Waals surface area contributed by atoms with Crippen LogP contribution in [0.3, 0.4) is 0 Å². The average molecular weight is 258 g/mol. The van der Waals surface area contributed by atoms with Gasteiger partial charge in [0.1, 0.15) is 4.60 Å². The SMILES string of the molecule is CN1Cc2c(Br)nn(C(C)(C)C)c2C1. The molecule has 14 heavy (non-hydrogen) atoms. The highest BCUT2D eigenvalue weighted by atomic mass is 79.9. The molecule has 4 heteroatoms. The van der Waals surface area contributed by atoms with Crippen molar-refractivity contribution < 1.29 is 0 Å². The van der Waals surface area contributed by atoms with Crippen molar-refractivity contribution in [1.82, 2.24) is 14.7 Å². The van der Waals surface area contributed by atoms with Crippen LogP contribution in [0.2, 0.25) is 0 Å². The van der Waals surface area contributed by atoms with Crippen LogP contribution in [0.15, 0.2) is 4.60 Å². The monoisotopic (exact) mass is 257 g/mol. The molecule has 0 saturated heterocycles. The van der Waals surface area contributed by atoms with Gasteiger partial charge >= 0.3 is 0 Å². The van der Waals surface area contributed by atoms with Gasteiger partial charge in [-0.2, -0.15) is 5.10 Å². The summed E-state index contributed by atoms with van der Waals surface area (Å²) in [6, 6.07) is 0. The van der Waals surface area contributed by atoms with E-state index in [0.29, 0.717) is 0 Å². The van der Waals surface area contributed by atoms with Crippen LogP contribution in [0.25, 0.3) is 0 Å². The molecule has 0 atom stereocenters. The van der Waals surface area contributed by atoms with Gasteiger partial charge in [0.05, 0.1) is 11.2 Å². The van der Waals surface area contributed by atoms with Crippen LogP contribution in [-0.4, -0.2) is 21.7 Å². The van der Waals surface area contributed by atoms with E-state index in [4.69, 9.17) is 0 Å². The largest absolute Gasteiger partial charge is 0.296 e. The molecular weight excluding hydrogens is 242 g/mol. The Morgan fingerprint density at radius 3 is 2.50 bits per heavy atom. The molecule has 78 valence electrons. The normalized spacial score (nSPS) is 17.5. The highest BCUT2D eigenvalue weighted by Crippen LogP contribution is 2.31. The van der Waals surface area contributed by atoms with Gasteiger partial charge < -0.3 is 0 Å². The highest BCUT2D eigenvalue weighted by molar-refractivity contribution is 9.10. The van der Waals surface area contributed by atoms with Crippen molar-refractivity contribution in [2.75, 3.05) is 7.05 Å². The van der Waals surface area contributed by atoms with Crippen LogP contribution < -0.4 is 0 Å². The maximum absolute atomic E-state index is 4.54. The molecule has 0 bridgehead atoms. The van der Waals surface area contributed by atoms with Crippen LogP contribution >= 0.6 is 15.9 Å². The van der Waals surface area contributed by atoms with Gasteiger partial charge in [0.15, 0.2) is 0 Å². The van der Waals surface area contributed by atoms with Crippen LogP contribution in [0, 0.1) is 0 Å². The van der Waals surface area contributed by atoms with Crippen LogP contribution in [-0.2, 0) is 18.6 Å². The van der Waals surface area contributed by atoms with Crippen molar-refractivity contribution in [2.45, 2.75) is 39.4 Å². The fourth-order valence-corrected chi connectivity index (χ4v) is 2.42. The third kappa shape index (κ3) is 1.50. The van der Waals surface area contributed by atoms with Crippen molar-refractivity contribution in [1.29, 1.82) is 0 Å². The third-order valence-electron chi connectivity index (χ3n) is 2.52. The zero-order valence-corrected chi connectivity index (χ0v) is 10.7. The lowest BCUT2D eigenvalue weighted by atomic mass is 10.1. The molecule has 0 saturated carbocycles. The molecule has 3 nitrogen and oxygen atoms in total. The summed E-state index contributed by atoms with van der Waals surface area (Å²) in [5.41, 5.74) is 2.77. The number of nitrogens with zero attached hydrogens (tertiary/aromatic N) is 3. The van der Waals surface area contributed by atoms with Gasteiger partial charge in [-0.1, -0.05) is 0 Å². The quantitative estimate of drug-likeness (QED) is 0.712. The van der Waals surface area contributed by atoms with Crippen molar-refractivity contribution in [3.63, 3.8) is 0 Å². The van der Waals surface area contributed by atoms with Gasteiger partial charge in [0.25, 0.3) is 0 Å².